The Morgan fingerprint density at radius 3 is 2.96 bits per heavy atom. The minimum Gasteiger partial charge on any atom is -0.490 e. The van der Waals surface area contributed by atoms with E-state index in [9.17, 15) is 0 Å². The molecular formula is C19H17ClN4O2. The molecule has 3 rings (SSSR count). The predicted octanol–water partition coefficient (Wildman–Crippen LogP) is 4.07. The third kappa shape index (κ3) is 4.08. The molecule has 0 unspecified atom stereocenters. The Labute approximate surface area is 156 Å². The maximum Gasteiger partial charge on any atom is 0.222 e. The van der Waals surface area contributed by atoms with Gasteiger partial charge in [-0.05, 0) is 36.8 Å². The van der Waals surface area contributed by atoms with Crippen molar-refractivity contribution in [1.29, 1.82) is 0 Å². The molecular weight excluding hydrogens is 352 g/mol. The number of terminal acetylenes is 1. The summed E-state index contributed by atoms with van der Waals surface area (Å²) in [6, 6.07) is 11.2. The first kappa shape index (κ1) is 17.6. The van der Waals surface area contributed by atoms with Gasteiger partial charge in [0.2, 0.25) is 5.95 Å². The second-order valence-electron chi connectivity index (χ2n) is 5.23. The Morgan fingerprint density at radius 1 is 1.35 bits per heavy atom. The van der Waals surface area contributed by atoms with Crippen LogP contribution in [0.15, 0.2) is 41.5 Å². The summed E-state index contributed by atoms with van der Waals surface area (Å²) < 4.78 is 11.0. The van der Waals surface area contributed by atoms with Crippen molar-refractivity contribution in [2.45, 2.75) is 6.92 Å². The van der Waals surface area contributed by atoms with E-state index in [1.807, 2.05) is 31.2 Å². The van der Waals surface area contributed by atoms with Crippen molar-refractivity contribution in [1.82, 2.24) is 9.97 Å². The van der Waals surface area contributed by atoms with Crippen LogP contribution >= 0.6 is 11.6 Å². The third-order valence-electron chi connectivity index (χ3n) is 3.40. The standard InChI is InChI=1S/C19H17ClN4O2/c1-3-9-26-18-14(20)10-13(11-17(18)25-4-2)12-21-24-19-22-15-7-5-6-8-16(15)23-19/h1,5-8,10-12H,4,9H2,2H3,(H2,22,23,24)/b21-12-. The number of ether oxygens (including phenoxy) is 2. The van der Waals surface area contributed by atoms with E-state index in [0.29, 0.717) is 29.1 Å². The van der Waals surface area contributed by atoms with Crippen LogP contribution in [0.2, 0.25) is 5.02 Å². The maximum absolute atomic E-state index is 6.28. The number of hydrazone groups is 1. The quantitative estimate of drug-likeness (QED) is 0.374. The number of para-hydroxylation sites is 2. The van der Waals surface area contributed by atoms with Gasteiger partial charge in [0.1, 0.15) is 6.61 Å². The molecule has 3 aromatic rings. The number of nitrogens with zero attached hydrogens (tertiary/aromatic N) is 2. The van der Waals surface area contributed by atoms with Gasteiger partial charge in [0.05, 0.1) is 28.9 Å². The van der Waals surface area contributed by atoms with Gasteiger partial charge in [-0.25, -0.2) is 10.4 Å². The molecule has 0 bridgehead atoms. The highest BCUT2D eigenvalue weighted by atomic mass is 35.5. The minimum absolute atomic E-state index is 0.112. The number of fused-ring (bicyclic) bond motifs is 1. The van der Waals surface area contributed by atoms with E-state index in [-0.39, 0.29) is 6.61 Å². The topological polar surface area (TPSA) is 71.5 Å². The molecule has 0 atom stereocenters. The lowest BCUT2D eigenvalue weighted by molar-refractivity contribution is 0.299. The largest absolute Gasteiger partial charge is 0.490 e. The zero-order valence-electron chi connectivity index (χ0n) is 14.1. The molecule has 0 saturated heterocycles. The third-order valence-corrected chi connectivity index (χ3v) is 3.69. The summed E-state index contributed by atoms with van der Waals surface area (Å²) in [5.41, 5.74) is 5.40. The first-order valence-corrected chi connectivity index (χ1v) is 8.35. The number of aromatic nitrogens is 2. The summed E-state index contributed by atoms with van der Waals surface area (Å²) in [5.74, 6) is 3.90. The van der Waals surface area contributed by atoms with Crippen LogP contribution in [-0.2, 0) is 0 Å². The van der Waals surface area contributed by atoms with Crippen molar-refractivity contribution in [3.05, 3.63) is 47.0 Å². The lowest BCUT2D eigenvalue weighted by Crippen LogP contribution is -2.01. The summed E-state index contributed by atoms with van der Waals surface area (Å²) in [4.78, 5) is 7.52. The van der Waals surface area contributed by atoms with E-state index in [4.69, 9.17) is 27.5 Å². The van der Waals surface area contributed by atoms with Gasteiger partial charge in [0.15, 0.2) is 11.5 Å². The van der Waals surface area contributed by atoms with Gasteiger partial charge in [-0.15, -0.1) is 6.42 Å². The Morgan fingerprint density at radius 2 is 2.19 bits per heavy atom. The molecule has 0 amide bonds. The molecule has 26 heavy (non-hydrogen) atoms. The lowest BCUT2D eigenvalue weighted by atomic mass is 10.2. The van der Waals surface area contributed by atoms with Gasteiger partial charge in [-0.3, -0.25) is 0 Å². The second kappa shape index (κ2) is 8.28. The smallest absolute Gasteiger partial charge is 0.222 e. The monoisotopic (exact) mass is 368 g/mol. The molecule has 0 aliphatic rings. The van der Waals surface area contributed by atoms with Gasteiger partial charge in [0, 0.05) is 0 Å². The van der Waals surface area contributed by atoms with Crippen molar-refractivity contribution in [3.63, 3.8) is 0 Å². The summed E-state index contributed by atoms with van der Waals surface area (Å²) in [6.07, 6.45) is 6.85. The van der Waals surface area contributed by atoms with Crippen molar-refractivity contribution in [2.24, 2.45) is 5.10 Å². The molecule has 0 radical (unpaired) electrons. The van der Waals surface area contributed by atoms with Crippen LogP contribution in [-0.4, -0.2) is 29.4 Å². The summed E-state index contributed by atoms with van der Waals surface area (Å²) >= 11 is 6.28. The zero-order valence-corrected chi connectivity index (χ0v) is 14.9. The Kier molecular flexibility index (Phi) is 5.62. The fourth-order valence-corrected chi connectivity index (χ4v) is 2.63. The molecule has 0 aliphatic carbocycles. The number of halogens is 1. The molecule has 7 heteroatoms. The van der Waals surface area contributed by atoms with Gasteiger partial charge in [0.25, 0.3) is 0 Å². The van der Waals surface area contributed by atoms with Crippen LogP contribution in [0.1, 0.15) is 12.5 Å². The molecule has 0 saturated carbocycles. The molecule has 0 fully saturated rings. The number of rotatable bonds is 7. The molecule has 132 valence electrons. The first-order chi connectivity index (χ1) is 12.7. The van der Waals surface area contributed by atoms with Crippen LogP contribution < -0.4 is 14.9 Å². The average Bonchev–Trinajstić information content (AvgIpc) is 3.04. The van der Waals surface area contributed by atoms with E-state index < -0.39 is 0 Å². The van der Waals surface area contributed by atoms with Crippen LogP contribution in [0.25, 0.3) is 11.0 Å². The molecule has 0 spiro atoms. The zero-order chi connectivity index (χ0) is 18.4. The normalized spacial score (nSPS) is 10.8. The predicted molar refractivity (Wildman–Crippen MR) is 104 cm³/mol. The second-order valence-corrected chi connectivity index (χ2v) is 5.64. The van der Waals surface area contributed by atoms with E-state index in [0.717, 1.165) is 16.6 Å². The van der Waals surface area contributed by atoms with Gasteiger partial charge >= 0.3 is 0 Å². The van der Waals surface area contributed by atoms with Crippen molar-refractivity contribution in [2.75, 3.05) is 18.6 Å². The molecule has 6 nitrogen and oxygen atoms in total. The van der Waals surface area contributed by atoms with Crippen molar-refractivity contribution < 1.29 is 9.47 Å². The number of benzene rings is 2. The van der Waals surface area contributed by atoms with E-state index in [2.05, 4.69) is 26.4 Å². The highest BCUT2D eigenvalue weighted by Crippen LogP contribution is 2.36. The minimum atomic E-state index is 0.112. The Hall–Kier alpha value is -3.17. The average molecular weight is 369 g/mol. The Balaban J connectivity index is 1.77. The molecule has 2 aromatic carbocycles. The number of H-pyrrole nitrogens is 1. The summed E-state index contributed by atoms with van der Waals surface area (Å²) in [5, 5.41) is 4.58. The van der Waals surface area contributed by atoms with Crippen LogP contribution in [0, 0.1) is 12.3 Å². The van der Waals surface area contributed by atoms with Crippen molar-refractivity contribution >= 4 is 34.8 Å². The lowest BCUT2D eigenvalue weighted by Gasteiger charge is -2.12. The van der Waals surface area contributed by atoms with Crippen LogP contribution in [0.5, 0.6) is 11.5 Å². The molecule has 1 aromatic heterocycles. The van der Waals surface area contributed by atoms with Gasteiger partial charge in [-0.2, -0.15) is 5.10 Å². The number of hydrogen-bond donors (Lipinski definition) is 2. The fraction of sp³-hybridized carbons (Fsp3) is 0.158. The highest BCUT2D eigenvalue weighted by molar-refractivity contribution is 6.32. The van der Waals surface area contributed by atoms with Crippen LogP contribution in [0.4, 0.5) is 5.95 Å². The molecule has 1 heterocycles. The number of hydrogen-bond acceptors (Lipinski definition) is 5. The molecule has 0 aliphatic heterocycles. The number of nitrogens with one attached hydrogen (secondary N) is 2. The number of anilines is 1. The van der Waals surface area contributed by atoms with E-state index >= 15 is 0 Å². The van der Waals surface area contributed by atoms with Gasteiger partial charge in [-0.1, -0.05) is 29.7 Å². The SMILES string of the molecule is C#CCOc1c(Cl)cc(/C=N\Nc2nc3ccccc3[nH]2)cc1OCC. The first-order valence-electron chi connectivity index (χ1n) is 7.97. The van der Waals surface area contributed by atoms with Gasteiger partial charge < -0.3 is 14.5 Å². The maximum atomic E-state index is 6.28. The van der Waals surface area contributed by atoms with Crippen LogP contribution in [0.3, 0.4) is 0 Å². The van der Waals surface area contributed by atoms with E-state index in [1.165, 1.54) is 0 Å². The molecule has 2 N–H and O–H groups in total. The van der Waals surface area contributed by atoms with Crippen molar-refractivity contribution in [3.8, 4) is 23.8 Å². The Bertz CT molecular complexity index is 942. The number of aromatic amines is 1. The summed E-state index contributed by atoms with van der Waals surface area (Å²) in [6.45, 7) is 2.46. The fourth-order valence-electron chi connectivity index (χ4n) is 2.35. The summed E-state index contributed by atoms with van der Waals surface area (Å²) in [7, 11) is 0. The van der Waals surface area contributed by atoms with E-state index in [1.54, 1.807) is 18.3 Å². The highest BCUT2D eigenvalue weighted by Gasteiger charge is 2.12. The number of imidazole rings is 1.